The number of fused-ring (bicyclic) bond motifs is 1. The average molecular weight is 442 g/mol. The molecule has 1 unspecified atom stereocenters. The largest absolute Gasteiger partial charge is 0.379 e. The van der Waals surface area contributed by atoms with Gasteiger partial charge in [-0.05, 0) is 32.0 Å². The molecule has 3 N–H and O–H groups in total. The predicted octanol–water partition coefficient (Wildman–Crippen LogP) is 0.753. The highest BCUT2D eigenvalue weighted by atomic mass is 32.2. The number of thioether (sulfide) groups is 1. The van der Waals surface area contributed by atoms with Crippen LogP contribution in [0, 0.1) is 0 Å². The number of benzene rings is 1. The van der Waals surface area contributed by atoms with Gasteiger partial charge in [0, 0.05) is 19.6 Å². The summed E-state index contributed by atoms with van der Waals surface area (Å²) in [4.78, 5) is 27.5. The number of morpholine rings is 1. The number of aromatic nitrogens is 2. The molecule has 1 fully saturated rings. The smallest absolute Gasteiger partial charge is 0.318 e. The maximum atomic E-state index is 12.9. The maximum absolute atomic E-state index is 12.9. The van der Waals surface area contributed by atoms with Crippen LogP contribution in [0.1, 0.15) is 13.8 Å². The molecule has 0 bridgehead atoms. The molecule has 1 aromatic carbocycles. The maximum Gasteiger partial charge on any atom is 0.318 e. The van der Waals surface area contributed by atoms with Crippen molar-refractivity contribution < 1.29 is 22.7 Å². The normalized spacial score (nSPS) is 16.6. The number of ether oxygens (including phenoxy) is 1. The number of urea groups is 1. The Labute approximate surface area is 172 Å². The van der Waals surface area contributed by atoms with E-state index in [1.807, 2.05) is 16.8 Å². The van der Waals surface area contributed by atoms with Crippen molar-refractivity contribution in [3.05, 3.63) is 18.2 Å². The molecule has 0 spiro atoms. The monoisotopic (exact) mass is 441 g/mol. The van der Waals surface area contributed by atoms with Crippen LogP contribution in [0.15, 0.2) is 28.3 Å². The SMILES string of the molecule is CCn1c(SC(C)C(=O)NC(N)=O)nc2cc(S(=O)(=O)N3CCOCC3)ccc21. The van der Waals surface area contributed by atoms with Crippen LogP contribution < -0.4 is 11.1 Å². The molecule has 1 aromatic heterocycles. The lowest BCUT2D eigenvalue weighted by Crippen LogP contribution is -2.40. The zero-order valence-corrected chi connectivity index (χ0v) is 17.8. The van der Waals surface area contributed by atoms with E-state index in [0.29, 0.717) is 43.5 Å². The average Bonchev–Trinajstić information content (AvgIpc) is 3.04. The molecule has 1 atom stereocenters. The number of rotatable bonds is 6. The van der Waals surface area contributed by atoms with Crippen molar-refractivity contribution >= 4 is 44.8 Å². The number of hydrogen-bond acceptors (Lipinski definition) is 7. The molecular weight excluding hydrogens is 418 g/mol. The molecule has 0 aliphatic carbocycles. The number of carbonyl (C=O) groups excluding carboxylic acids is 2. The molecule has 1 saturated heterocycles. The molecule has 2 heterocycles. The molecule has 158 valence electrons. The van der Waals surface area contributed by atoms with Gasteiger partial charge in [-0.3, -0.25) is 10.1 Å². The number of primary amides is 1. The minimum absolute atomic E-state index is 0.170. The van der Waals surface area contributed by atoms with Crippen LogP contribution in [0.25, 0.3) is 11.0 Å². The molecule has 10 nitrogen and oxygen atoms in total. The standard InChI is InChI=1S/C17H23N5O5S2/c1-3-22-14-5-4-12(29(25,26)21-6-8-27-9-7-21)10-13(14)19-17(22)28-11(2)15(23)20-16(18)24/h4-5,10-11H,3,6-9H2,1-2H3,(H3,18,20,23,24). The third-order valence-electron chi connectivity index (χ3n) is 4.51. The lowest BCUT2D eigenvalue weighted by molar-refractivity contribution is -0.119. The summed E-state index contributed by atoms with van der Waals surface area (Å²) in [5, 5.41) is 1.99. The molecule has 3 rings (SSSR count). The molecule has 1 aliphatic heterocycles. The number of amides is 3. The summed E-state index contributed by atoms with van der Waals surface area (Å²) in [6.07, 6.45) is 0. The van der Waals surface area contributed by atoms with Crippen molar-refractivity contribution in [1.29, 1.82) is 0 Å². The second-order valence-corrected chi connectivity index (χ2v) is 9.67. The predicted molar refractivity (Wildman–Crippen MR) is 108 cm³/mol. The van der Waals surface area contributed by atoms with Crippen LogP contribution in [0.3, 0.4) is 0 Å². The van der Waals surface area contributed by atoms with Crippen LogP contribution in [-0.2, 0) is 26.1 Å². The minimum atomic E-state index is -3.63. The van der Waals surface area contributed by atoms with E-state index in [2.05, 4.69) is 4.98 Å². The van der Waals surface area contributed by atoms with Crippen LogP contribution in [-0.4, -0.2) is 65.8 Å². The summed E-state index contributed by atoms with van der Waals surface area (Å²) in [7, 11) is -3.63. The van der Waals surface area contributed by atoms with E-state index >= 15 is 0 Å². The van der Waals surface area contributed by atoms with Gasteiger partial charge in [0.1, 0.15) is 0 Å². The Bertz CT molecular complexity index is 1030. The van der Waals surface area contributed by atoms with Gasteiger partial charge in [-0.15, -0.1) is 0 Å². The first-order valence-electron chi connectivity index (χ1n) is 9.09. The van der Waals surface area contributed by atoms with E-state index < -0.39 is 27.2 Å². The molecule has 12 heteroatoms. The second-order valence-electron chi connectivity index (χ2n) is 6.42. The number of imidazole rings is 1. The Kier molecular flexibility index (Phi) is 6.46. The van der Waals surface area contributed by atoms with Gasteiger partial charge >= 0.3 is 6.03 Å². The molecule has 29 heavy (non-hydrogen) atoms. The molecular formula is C17H23N5O5S2. The number of nitrogens with two attached hydrogens (primary N) is 1. The lowest BCUT2D eigenvalue weighted by Gasteiger charge is -2.26. The quantitative estimate of drug-likeness (QED) is 0.631. The summed E-state index contributed by atoms with van der Waals surface area (Å²) in [5.41, 5.74) is 6.27. The van der Waals surface area contributed by atoms with Gasteiger partial charge < -0.3 is 15.0 Å². The zero-order chi connectivity index (χ0) is 21.2. The Hall–Kier alpha value is -2.15. The lowest BCUT2D eigenvalue weighted by atomic mass is 10.3. The highest BCUT2D eigenvalue weighted by Gasteiger charge is 2.27. The number of imide groups is 1. The first kappa shape index (κ1) is 21.6. The van der Waals surface area contributed by atoms with Gasteiger partial charge in [0.05, 0.1) is 34.4 Å². The summed E-state index contributed by atoms with van der Waals surface area (Å²) < 4.78 is 34.3. The van der Waals surface area contributed by atoms with Crippen molar-refractivity contribution in [2.75, 3.05) is 26.3 Å². The summed E-state index contributed by atoms with van der Waals surface area (Å²) in [6, 6.07) is 3.92. The highest BCUT2D eigenvalue weighted by molar-refractivity contribution is 8.00. The van der Waals surface area contributed by atoms with Crippen molar-refractivity contribution in [2.24, 2.45) is 5.73 Å². The topological polar surface area (TPSA) is 137 Å². The molecule has 0 radical (unpaired) electrons. The molecule has 0 saturated carbocycles. The van der Waals surface area contributed by atoms with Crippen LogP contribution >= 0.6 is 11.8 Å². The van der Waals surface area contributed by atoms with Gasteiger partial charge in [0.15, 0.2) is 5.16 Å². The summed E-state index contributed by atoms with van der Waals surface area (Å²) in [6.45, 7) is 5.53. The number of carbonyl (C=O) groups is 2. The number of aryl methyl sites for hydroxylation is 1. The second kappa shape index (κ2) is 8.69. The Morgan fingerprint density at radius 1 is 1.34 bits per heavy atom. The Balaban J connectivity index is 1.92. The minimum Gasteiger partial charge on any atom is -0.379 e. The van der Waals surface area contributed by atoms with Crippen LogP contribution in [0.2, 0.25) is 0 Å². The number of sulfonamides is 1. The van der Waals surface area contributed by atoms with Crippen molar-refractivity contribution in [1.82, 2.24) is 19.2 Å². The fraction of sp³-hybridized carbons (Fsp3) is 0.471. The molecule has 1 aliphatic rings. The first-order chi connectivity index (χ1) is 13.7. The zero-order valence-electron chi connectivity index (χ0n) is 16.1. The Morgan fingerprint density at radius 3 is 2.66 bits per heavy atom. The van der Waals surface area contributed by atoms with Crippen LogP contribution in [0.5, 0.6) is 0 Å². The van der Waals surface area contributed by atoms with E-state index in [-0.39, 0.29) is 4.90 Å². The molecule has 2 aromatic rings. The fourth-order valence-corrected chi connectivity index (χ4v) is 5.43. The van der Waals surface area contributed by atoms with E-state index in [1.165, 1.54) is 16.1 Å². The first-order valence-corrected chi connectivity index (χ1v) is 11.4. The summed E-state index contributed by atoms with van der Waals surface area (Å²) >= 11 is 1.17. The van der Waals surface area contributed by atoms with E-state index in [4.69, 9.17) is 10.5 Å². The third-order valence-corrected chi connectivity index (χ3v) is 7.49. The van der Waals surface area contributed by atoms with Gasteiger partial charge in [-0.2, -0.15) is 4.31 Å². The summed E-state index contributed by atoms with van der Waals surface area (Å²) in [5.74, 6) is -0.521. The van der Waals surface area contributed by atoms with Gasteiger partial charge in [-0.25, -0.2) is 18.2 Å². The van der Waals surface area contributed by atoms with E-state index in [9.17, 15) is 18.0 Å². The van der Waals surface area contributed by atoms with Crippen molar-refractivity contribution in [2.45, 2.75) is 35.7 Å². The van der Waals surface area contributed by atoms with Gasteiger partial charge in [-0.1, -0.05) is 11.8 Å². The van der Waals surface area contributed by atoms with Crippen molar-refractivity contribution in [3.63, 3.8) is 0 Å². The molecule has 3 amide bonds. The number of hydrogen-bond donors (Lipinski definition) is 2. The third kappa shape index (κ3) is 4.55. The van der Waals surface area contributed by atoms with Crippen LogP contribution in [0.4, 0.5) is 4.79 Å². The highest BCUT2D eigenvalue weighted by Crippen LogP contribution is 2.29. The van der Waals surface area contributed by atoms with E-state index in [0.717, 1.165) is 5.52 Å². The van der Waals surface area contributed by atoms with Gasteiger partial charge in [0.2, 0.25) is 15.9 Å². The number of nitrogens with one attached hydrogen (secondary N) is 1. The van der Waals surface area contributed by atoms with Crippen molar-refractivity contribution in [3.8, 4) is 0 Å². The van der Waals surface area contributed by atoms with E-state index in [1.54, 1.807) is 25.1 Å². The van der Waals surface area contributed by atoms with Gasteiger partial charge in [0.25, 0.3) is 0 Å². The Morgan fingerprint density at radius 2 is 2.03 bits per heavy atom. The number of nitrogens with zero attached hydrogens (tertiary/aromatic N) is 3. The fourth-order valence-electron chi connectivity index (χ4n) is 3.01.